The minimum atomic E-state index is -0.825. The van der Waals surface area contributed by atoms with Crippen LogP contribution in [-0.4, -0.2) is 39.7 Å². The van der Waals surface area contributed by atoms with Crippen LogP contribution in [0, 0.1) is 0 Å². The van der Waals surface area contributed by atoms with Gasteiger partial charge in [-0.1, -0.05) is 0 Å². The summed E-state index contributed by atoms with van der Waals surface area (Å²) in [5.41, 5.74) is 0.723. The topological polar surface area (TPSA) is 94.2 Å². The molecule has 0 spiro atoms. The lowest BCUT2D eigenvalue weighted by Gasteiger charge is -2.29. The Morgan fingerprint density at radius 2 is 1.18 bits per heavy atom. The van der Waals surface area contributed by atoms with E-state index < -0.39 is 33.7 Å². The van der Waals surface area contributed by atoms with Gasteiger partial charge in [-0.05, 0) is 100 Å². The van der Waals surface area contributed by atoms with Crippen molar-refractivity contribution >= 4 is 35.6 Å². The fourth-order valence-corrected chi connectivity index (χ4v) is 3.30. The fourth-order valence-electron chi connectivity index (χ4n) is 2.32. The highest BCUT2D eigenvalue weighted by atomic mass is 32.2. The van der Waals surface area contributed by atoms with E-state index in [1.807, 2.05) is 20.8 Å². The standard InChI is InChI=1S/C24H38N2O6S/c1-21(2,3)30-18(27)24(10,11)33-17-14-12-16(13-15-17)26(20(29)32-23(7,8)9)25-19(28)31-22(4,5)6/h12-15H,1-11H3,(H,25,28). The van der Waals surface area contributed by atoms with E-state index in [0.29, 0.717) is 5.69 Å². The SMILES string of the molecule is CC(C)(C)OC(=O)NN(C(=O)OC(C)(C)C)c1ccc(SC(C)(C)C(=O)OC(C)(C)C)cc1. The molecule has 0 aromatic heterocycles. The lowest BCUT2D eigenvalue weighted by atomic mass is 10.1. The highest BCUT2D eigenvalue weighted by Crippen LogP contribution is 2.35. The Hall–Kier alpha value is -2.42. The molecule has 186 valence electrons. The van der Waals surface area contributed by atoms with Crippen LogP contribution in [0.25, 0.3) is 0 Å². The van der Waals surface area contributed by atoms with E-state index >= 15 is 0 Å². The fraction of sp³-hybridized carbons (Fsp3) is 0.625. The van der Waals surface area contributed by atoms with Gasteiger partial charge in [0.2, 0.25) is 0 Å². The van der Waals surface area contributed by atoms with Crippen LogP contribution in [-0.2, 0) is 19.0 Å². The van der Waals surface area contributed by atoms with Crippen LogP contribution in [0.3, 0.4) is 0 Å². The molecule has 8 nitrogen and oxygen atoms in total. The Balaban J connectivity index is 3.09. The summed E-state index contributed by atoms with van der Waals surface area (Å²) in [5, 5.41) is 0.993. The number of amides is 2. The first kappa shape index (κ1) is 28.6. The number of nitrogens with zero attached hydrogens (tertiary/aromatic N) is 1. The van der Waals surface area contributed by atoms with E-state index in [1.54, 1.807) is 79.7 Å². The number of rotatable bonds is 4. The quantitative estimate of drug-likeness (QED) is 0.240. The van der Waals surface area contributed by atoms with E-state index in [-0.39, 0.29) is 5.97 Å². The summed E-state index contributed by atoms with van der Waals surface area (Å²) in [6.07, 6.45) is -1.55. The third-order valence-corrected chi connectivity index (χ3v) is 4.72. The minimum absolute atomic E-state index is 0.328. The Bertz CT molecular complexity index is 846. The van der Waals surface area contributed by atoms with Crippen molar-refractivity contribution in [3.8, 4) is 0 Å². The first-order chi connectivity index (χ1) is 14.7. The van der Waals surface area contributed by atoms with E-state index in [2.05, 4.69) is 5.43 Å². The minimum Gasteiger partial charge on any atom is -0.459 e. The number of hydrogen-bond acceptors (Lipinski definition) is 7. The molecule has 0 heterocycles. The van der Waals surface area contributed by atoms with Gasteiger partial charge in [0.25, 0.3) is 0 Å². The van der Waals surface area contributed by atoms with E-state index in [1.165, 1.54) is 11.8 Å². The Labute approximate surface area is 201 Å². The molecule has 0 bridgehead atoms. The molecule has 0 aliphatic heterocycles. The normalized spacial score (nSPS) is 12.6. The highest BCUT2D eigenvalue weighted by Gasteiger charge is 2.34. The molecule has 0 radical (unpaired) electrons. The predicted molar refractivity (Wildman–Crippen MR) is 130 cm³/mol. The zero-order valence-electron chi connectivity index (χ0n) is 21.6. The number of carbonyl (C=O) groups excluding carboxylic acids is 3. The van der Waals surface area contributed by atoms with E-state index in [9.17, 15) is 14.4 Å². The lowest BCUT2D eigenvalue weighted by molar-refractivity contribution is -0.156. The first-order valence-electron chi connectivity index (χ1n) is 10.7. The summed E-state index contributed by atoms with van der Waals surface area (Å²) in [4.78, 5) is 38.4. The molecule has 0 unspecified atom stereocenters. The van der Waals surface area contributed by atoms with Crippen LogP contribution >= 0.6 is 11.8 Å². The smallest absolute Gasteiger partial charge is 0.434 e. The third-order valence-electron chi connectivity index (χ3n) is 3.54. The number of thioether (sulfide) groups is 1. The molecule has 0 aliphatic rings. The van der Waals surface area contributed by atoms with Gasteiger partial charge in [-0.15, -0.1) is 11.8 Å². The van der Waals surface area contributed by atoms with Gasteiger partial charge in [0.05, 0.1) is 5.69 Å². The number of carbonyl (C=O) groups is 3. The van der Waals surface area contributed by atoms with Crippen LogP contribution < -0.4 is 10.4 Å². The van der Waals surface area contributed by atoms with Crippen molar-refractivity contribution in [3.05, 3.63) is 24.3 Å². The third kappa shape index (κ3) is 10.8. The number of ether oxygens (including phenoxy) is 3. The lowest BCUT2D eigenvalue weighted by Crippen LogP contribution is -2.50. The monoisotopic (exact) mass is 482 g/mol. The Kier molecular flexibility index (Phi) is 8.88. The molecule has 0 aliphatic carbocycles. The van der Waals surface area contributed by atoms with Crippen LogP contribution in [0.4, 0.5) is 15.3 Å². The van der Waals surface area contributed by atoms with Crippen molar-refractivity contribution in [3.63, 3.8) is 0 Å². The van der Waals surface area contributed by atoms with Crippen molar-refractivity contribution in [1.29, 1.82) is 0 Å². The van der Waals surface area contributed by atoms with Crippen LogP contribution in [0.5, 0.6) is 0 Å². The zero-order chi connectivity index (χ0) is 25.8. The maximum absolute atomic E-state index is 12.8. The van der Waals surface area contributed by atoms with E-state index in [0.717, 1.165) is 9.90 Å². The van der Waals surface area contributed by atoms with Crippen molar-refractivity contribution in [2.45, 2.75) is 103 Å². The van der Waals surface area contributed by atoms with Gasteiger partial charge in [0, 0.05) is 4.90 Å². The average Bonchev–Trinajstić information content (AvgIpc) is 2.55. The maximum atomic E-state index is 12.8. The zero-order valence-corrected chi connectivity index (χ0v) is 22.4. The maximum Gasteiger partial charge on any atom is 0.434 e. The average molecular weight is 483 g/mol. The Morgan fingerprint density at radius 3 is 1.61 bits per heavy atom. The second kappa shape index (κ2) is 10.2. The molecule has 0 saturated carbocycles. The number of anilines is 1. The molecule has 9 heteroatoms. The number of esters is 1. The van der Waals surface area contributed by atoms with Crippen LogP contribution in [0.2, 0.25) is 0 Å². The second-order valence-corrected chi connectivity index (χ2v) is 12.7. The molecule has 1 aromatic rings. The number of benzene rings is 1. The largest absolute Gasteiger partial charge is 0.459 e. The summed E-state index contributed by atoms with van der Waals surface area (Å²) in [6.45, 7) is 19.4. The van der Waals surface area contributed by atoms with Crippen molar-refractivity contribution < 1.29 is 28.6 Å². The summed E-state index contributed by atoms with van der Waals surface area (Å²) in [6, 6.07) is 6.80. The predicted octanol–water partition coefficient (Wildman–Crippen LogP) is 6.08. The van der Waals surface area contributed by atoms with Gasteiger partial charge >= 0.3 is 18.2 Å². The van der Waals surface area contributed by atoms with Gasteiger partial charge in [-0.3, -0.25) is 4.79 Å². The molecule has 33 heavy (non-hydrogen) atoms. The first-order valence-corrected chi connectivity index (χ1v) is 11.6. The summed E-state index contributed by atoms with van der Waals surface area (Å²) in [7, 11) is 0. The molecule has 0 saturated heterocycles. The summed E-state index contributed by atoms with van der Waals surface area (Å²) in [5.74, 6) is -0.328. The number of hydrazine groups is 1. The molecule has 1 aromatic carbocycles. The summed E-state index contributed by atoms with van der Waals surface area (Å²) < 4.78 is 15.4. The molecule has 1 rings (SSSR count). The van der Waals surface area contributed by atoms with Crippen LogP contribution in [0.1, 0.15) is 76.2 Å². The second-order valence-electron chi connectivity index (χ2n) is 11.0. The van der Waals surface area contributed by atoms with Gasteiger partial charge in [0.1, 0.15) is 21.6 Å². The molecule has 0 fully saturated rings. The molecule has 2 amide bonds. The Morgan fingerprint density at radius 1 is 0.727 bits per heavy atom. The van der Waals surface area contributed by atoms with Crippen LogP contribution in [0.15, 0.2) is 29.2 Å². The number of nitrogens with one attached hydrogen (secondary N) is 1. The van der Waals surface area contributed by atoms with Gasteiger partial charge in [0.15, 0.2) is 0 Å². The van der Waals surface area contributed by atoms with Gasteiger partial charge in [-0.2, -0.15) is 5.01 Å². The molecule has 1 N–H and O–H groups in total. The highest BCUT2D eigenvalue weighted by molar-refractivity contribution is 8.01. The molecular formula is C24H38N2O6S. The van der Waals surface area contributed by atoms with E-state index in [4.69, 9.17) is 14.2 Å². The van der Waals surface area contributed by atoms with Crippen molar-refractivity contribution in [2.24, 2.45) is 0 Å². The van der Waals surface area contributed by atoms with Gasteiger partial charge < -0.3 is 14.2 Å². The van der Waals surface area contributed by atoms with Crippen molar-refractivity contribution in [2.75, 3.05) is 5.01 Å². The molecular weight excluding hydrogens is 444 g/mol. The summed E-state index contributed by atoms with van der Waals surface area (Å²) >= 11 is 1.33. The van der Waals surface area contributed by atoms with Crippen molar-refractivity contribution in [1.82, 2.24) is 5.43 Å². The van der Waals surface area contributed by atoms with Gasteiger partial charge in [-0.25, -0.2) is 15.0 Å². The number of hydrogen-bond donors (Lipinski definition) is 1. The molecule has 0 atom stereocenters.